The maximum Gasteiger partial charge on any atom is 0.251 e. The topological polar surface area (TPSA) is 78.4 Å². The van der Waals surface area contributed by atoms with Crippen LogP contribution in [0.4, 0.5) is 0 Å². The van der Waals surface area contributed by atoms with E-state index in [2.05, 4.69) is 25.9 Å². The fourth-order valence-electron chi connectivity index (χ4n) is 2.43. The van der Waals surface area contributed by atoms with E-state index in [1.807, 2.05) is 43.3 Å². The monoisotopic (exact) mass is 467 g/mol. The number of carbonyl (C=O) groups excluding carboxylic acids is 1. The second-order valence-corrected chi connectivity index (χ2v) is 5.65. The van der Waals surface area contributed by atoms with Crippen molar-refractivity contribution >= 4 is 35.8 Å². The number of benzene rings is 1. The first-order chi connectivity index (χ1) is 12.1. The lowest BCUT2D eigenvalue weighted by atomic mass is 10.1. The van der Waals surface area contributed by atoms with E-state index >= 15 is 0 Å². The molecule has 3 N–H and O–H groups in total. The number of carbonyl (C=O) groups is 1. The highest BCUT2D eigenvalue weighted by molar-refractivity contribution is 14.0. The number of amides is 1. The summed E-state index contributed by atoms with van der Waals surface area (Å²) in [6.07, 6.45) is 2.59. The Morgan fingerprint density at radius 2 is 2.00 bits per heavy atom. The lowest BCUT2D eigenvalue weighted by molar-refractivity contribution is 0.0963. The van der Waals surface area contributed by atoms with Crippen LogP contribution in [0.25, 0.3) is 0 Å². The van der Waals surface area contributed by atoms with Crippen LogP contribution in [0.3, 0.4) is 0 Å². The fraction of sp³-hybridized carbons (Fsp3) is 0.316. The van der Waals surface area contributed by atoms with Gasteiger partial charge in [0.15, 0.2) is 5.96 Å². The molecule has 6 nitrogen and oxygen atoms in total. The molecule has 1 heterocycles. The molecule has 0 aliphatic rings. The molecule has 2 aromatic rings. The summed E-state index contributed by atoms with van der Waals surface area (Å²) in [5, 5.41) is 9.18. The van der Waals surface area contributed by atoms with Gasteiger partial charge in [0.2, 0.25) is 0 Å². The number of aryl methyl sites for hydroxylation is 1. The Bertz CT molecular complexity index is 748. The molecule has 26 heavy (non-hydrogen) atoms. The Kier molecular flexibility index (Phi) is 9.64. The van der Waals surface area contributed by atoms with Crippen LogP contribution in [0.5, 0.6) is 0 Å². The fourth-order valence-corrected chi connectivity index (χ4v) is 2.43. The Balaban J connectivity index is 0.00000338. The van der Waals surface area contributed by atoms with Crippen molar-refractivity contribution in [1.29, 1.82) is 0 Å². The van der Waals surface area contributed by atoms with Crippen LogP contribution < -0.4 is 16.0 Å². The van der Waals surface area contributed by atoms with Gasteiger partial charge in [0.25, 0.3) is 5.91 Å². The van der Waals surface area contributed by atoms with E-state index in [0.29, 0.717) is 12.1 Å². The molecule has 0 saturated carbocycles. The highest BCUT2D eigenvalue weighted by Gasteiger charge is 2.05. The molecule has 0 atom stereocenters. The second-order valence-electron chi connectivity index (χ2n) is 5.65. The van der Waals surface area contributed by atoms with Crippen LogP contribution in [0.15, 0.2) is 47.6 Å². The van der Waals surface area contributed by atoms with Crippen molar-refractivity contribution in [1.82, 2.24) is 20.9 Å². The van der Waals surface area contributed by atoms with Gasteiger partial charge in [0.1, 0.15) is 0 Å². The lowest BCUT2D eigenvalue weighted by Crippen LogP contribution is -2.38. The van der Waals surface area contributed by atoms with Gasteiger partial charge in [-0.2, -0.15) is 0 Å². The van der Waals surface area contributed by atoms with E-state index in [1.165, 1.54) is 0 Å². The molecule has 2 rings (SSSR count). The normalized spacial score (nSPS) is 10.7. The van der Waals surface area contributed by atoms with Gasteiger partial charge in [-0.3, -0.25) is 14.8 Å². The molecule has 1 aromatic heterocycles. The summed E-state index contributed by atoms with van der Waals surface area (Å²) >= 11 is 0. The highest BCUT2D eigenvalue weighted by atomic mass is 127. The third-order valence-electron chi connectivity index (χ3n) is 3.89. The average molecular weight is 467 g/mol. The number of aliphatic imine (C=N–C) groups is 1. The number of nitrogens with one attached hydrogen (secondary N) is 3. The number of pyridine rings is 1. The number of guanidine groups is 1. The van der Waals surface area contributed by atoms with Crippen LogP contribution >= 0.6 is 24.0 Å². The van der Waals surface area contributed by atoms with E-state index in [-0.39, 0.29) is 29.9 Å². The molecule has 1 aromatic carbocycles. The van der Waals surface area contributed by atoms with Crippen molar-refractivity contribution in [3.63, 3.8) is 0 Å². The molecule has 0 aliphatic carbocycles. The third-order valence-corrected chi connectivity index (χ3v) is 3.89. The van der Waals surface area contributed by atoms with E-state index in [0.717, 1.165) is 35.7 Å². The zero-order chi connectivity index (χ0) is 18.1. The molecule has 0 saturated heterocycles. The summed E-state index contributed by atoms with van der Waals surface area (Å²) in [7, 11) is 3.38. The SMILES string of the molecule is CN=C(NCCc1cccc(C(=O)NC)c1)NCc1ncccc1C.I. The number of aromatic nitrogens is 1. The standard InChI is InChI=1S/C19H25N5O.HI/c1-14-6-5-10-22-17(14)13-24-19(21-3)23-11-9-15-7-4-8-16(12-15)18(25)20-2;/h4-8,10,12H,9,11,13H2,1-3H3,(H,20,25)(H2,21,23,24);1H. The summed E-state index contributed by atoms with van der Waals surface area (Å²) in [5.41, 5.74) is 3.93. The Morgan fingerprint density at radius 1 is 1.19 bits per heavy atom. The second kappa shape index (κ2) is 11.5. The van der Waals surface area contributed by atoms with Gasteiger partial charge in [-0.05, 0) is 42.7 Å². The van der Waals surface area contributed by atoms with E-state index in [4.69, 9.17) is 0 Å². The van der Waals surface area contributed by atoms with Gasteiger partial charge in [-0.1, -0.05) is 18.2 Å². The van der Waals surface area contributed by atoms with Crippen molar-refractivity contribution in [3.05, 3.63) is 65.0 Å². The molecule has 0 spiro atoms. The molecular weight excluding hydrogens is 441 g/mol. The minimum atomic E-state index is -0.0713. The predicted molar refractivity (Wildman–Crippen MR) is 116 cm³/mol. The van der Waals surface area contributed by atoms with Crippen molar-refractivity contribution in [2.24, 2.45) is 4.99 Å². The predicted octanol–water partition coefficient (Wildman–Crippen LogP) is 2.28. The largest absolute Gasteiger partial charge is 0.356 e. The van der Waals surface area contributed by atoms with E-state index < -0.39 is 0 Å². The van der Waals surface area contributed by atoms with Crippen molar-refractivity contribution in [2.45, 2.75) is 19.9 Å². The van der Waals surface area contributed by atoms with Gasteiger partial charge in [0.05, 0.1) is 12.2 Å². The zero-order valence-corrected chi connectivity index (χ0v) is 17.7. The van der Waals surface area contributed by atoms with Crippen LogP contribution in [-0.2, 0) is 13.0 Å². The molecule has 0 fully saturated rings. The first-order valence-electron chi connectivity index (χ1n) is 8.30. The summed E-state index contributed by atoms with van der Waals surface area (Å²) in [6, 6.07) is 11.6. The van der Waals surface area contributed by atoms with Gasteiger partial charge in [-0.25, -0.2) is 0 Å². The molecule has 0 aliphatic heterocycles. The minimum Gasteiger partial charge on any atom is -0.356 e. The molecule has 0 unspecified atom stereocenters. The summed E-state index contributed by atoms with van der Waals surface area (Å²) in [6.45, 7) is 3.39. The van der Waals surface area contributed by atoms with Crippen molar-refractivity contribution in [2.75, 3.05) is 20.6 Å². The van der Waals surface area contributed by atoms with E-state index in [1.54, 1.807) is 20.3 Å². The molecule has 1 amide bonds. The smallest absolute Gasteiger partial charge is 0.251 e. The summed E-state index contributed by atoms with van der Waals surface area (Å²) in [5.74, 6) is 0.658. The number of hydrogen-bond donors (Lipinski definition) is 3. The minimum absolute atomic E-state index is 0. The van der Waals surface area contributed by atoms with Gasteiger partial charge in [0, 0.05) is 32.4 Å². The molecule has 140 valence electrons. The van der Waals surface area contributed by atoms with Crippen LogP contribution in [0.1, 0.15) is 27.2 Å². The Hall–Kier alpha value is -2.16. The lowest BCUT2D eigenvalue weighted by Gasteiger charge is -2.12. The number of nitrogens with zero attached hydrogens (tertiary/aromatic N) is 2. The highest BCUT2D eigenvalue weighted by Crippen LogP contribution is 2.06. The summed E-state index contributed by atoms with van der Waals surface area (Å²) in [4.78, 5) is 20.3. The first-order valence-corrected chi connectivity index (χ1v) is 8.30. The molecular formula is C19H26IN5O. The van der Waals surface area contributed by atoms with Gasteiger partial charge >= 0.3 is 0 Å². The molecule has 7 heteroatoms. The zero-order valence-electron chi connectivity index (χ0n) is 15.4. The van der Waals surface area contributed by atoms with Crippen LogP contribution in [0, 0.1) is 6.92 Å². The number of hydrogen-bond acceptors (Lipinski definition) is 3. The molecule has 0 radical (unpaired) electrons. The first kappa shape index (κ1) is 21.9. The Labute approximate surface area is 171 Å². The Morgan fingerprint density at radius 3 is 2.69 bits per heavy atom. The maximum atomic E-state index is 11.7. The van der Waals surface area contributed by atoms with Crippen molar-refractivity contribution < 1.29 is 4.79 Å². The average Bonchev–Trinajstić information content (AvgIpc) is 2.65. The quantitative estimate of drug-likeness (QED) is 0.346. The van der Waals surface area contributed by atoms with E-state index in [9.17, 15) is 4.79 Å². The number of rotatable bonds is 6. The molecule has 0 bridgehead atoms. The van der Waals surface area contributed by atoms with Crippen LogP contribution in [-0.4, -0.2) is 37.5 Å². The van der Waals surface area contributed by atoms with Gasteiger partial charge in [-0.15, -0.1) is 24.0 Å². The third kappa shape index (κ3) is 6.62. The maximum absolute atomic E-state index is 11.7. The number of halogens is 1. The van der Waals surface area contributed by atoms with Gasteiger partial charge < -0.3 is 16.0 Å². The van der Waals surface area contributed by atoms with Crippen molar-refractivity contribution in [3.8, 4) is 0 Å². The summed E-state index contributed by atoms with van der Waals surface area (Å²) < 4.78 is 0. The van der Waals surface area contributed by atoms with Crippen LogP contribution in [0.2, 0.25) is 0 Å².